The van der Waals surface area contributed by atoms with Gasteiger partial charge in [0.25, 0.3) is 5.91 Å². The molecule has 0 unspecified atom stereocenters. The van der Waals surface area contributed by atoms with Crippen molar-refractivity contribution in [2.45, 2.75) is 13.5 Å². The minimum absolute atomic E-state index is 0.0362. The summed E-state index contributed by atoms with van der Waals surface area (Å²) in [5.41, 5.74) is 1.29. The first-order valence-electron chi connectivity index (χ1n) is 6.54. The summed E-state index contributed by atoms with van der Waals surface area (Å²) >= 11 is 6.00. The fourth-order valence-corrected chi connectivity index (χ4v) is 1.92. The Morgan fingerprint density at radius 3 is 2.91 bits per heavy atom. The number of rotatable bonds is 5. The lowest BCUT2D eigenvalue weighted by molar-refractivity contribution is -0.112. The minimum atomic E-state index is -0.500. The number of benzene rings is 1. The average Bonchev–Trinajstić information content (AvgIpc) is 3.01. The molecule has 22 heavy (non-hydrogen) atoms. The fraction of sp³-hybridized carbons (Fsp3) is 0.125. The zero-order valence-electron chi connectivity index (χ0n) is 11.9. The Bertz CT molecular complexity index is 730. The van der Waals surface area contributed by atoms with E-state index in [9.17, 15) is 4.79 Å². The molecule has 2 rings (SSSR count). The number of hydrogen-bond donors (Lipinski definition) is 2. The van der Waals surface area contributed by atoms with Crippen molar-refractivity contribution >= 4 is 23.2 Å². The van der Waals surface area contributed by atoms with E-state index in [0.717, 1.165) is 5.56 Å². The van der Waals surface area contributed by atoms with Crippen LogP contribution in [0, 0.1) is 18.3 Å². The van der Waals surface area contributed by atoms with Crippen molar-refractivity contribution in [1.29, 1.82) is 5.26 Å². The molecular weight excluding hydrogens is 302 g/mol. The molecule has 0 spiro atoms. The lowest BCUT2D eigenvalue weighted by Crippen LogP contribution is -2.17. The van der Waals surface area contributed by atoms with Crippen LogP contribution in [0.4, 0.5) is 5.69 Å². The number of furan rings is 1. The van der Waals surface area contributed by atoms with Gasteiger partial charge in [-0.05, 0) is 36.8 Å². The van der Waals surface area contributed by atoms with Gasteiger partial charge >= 0.3 is 0 Å². The van der Waals surface area contributed by atoms with Gasteiger partial charge in [-0.1, -0.05) is 17.7 Å². The van der Waals surface area contributed by atoms with Gasteiger partial charge in [-0.15, -0.1) is 0 Å². The second kappa shape index (κ2) is 7.34. The zero-order chi connectivity index (χ0) is 15.9. The maximum Gasteiger partial charge on any atom is 0.267 e. The number of nitrogens with zero attached hydrogens (tertiary/aromatic N) is 1. The summed E-state index contributed by atoms with van der Waals surface area (Å²) in [4.78, 5) is 12.1. The van der Waals surface area contributed by atoms with Crippen molar-refractivity contribution < 1.29 is 9.21 Å². The van der Waals surface area contributed by atoms with Crippen molar-refractivity contribution in [3.8, 4) is 6.07 Å². The average molecular weight is 316 g/mol. The summed E-state index contributed by atoms with van der Waals surface area (Å²) in [6, 6.07) is 10.6. The summed E-state index contributed by atoms with van der Waals surface area (Å²) in [5.74, 6) is 0.208. The van der Waals surface area contributed by atoms with Crippen LogP contribution in [0.3, 0.4) is 0 Å². The van der Waals surface area contributed by atoms with Crippen molar-refractivity contribution in [3.63, 3.8) is 0 Å². The van der Waals surface area contributed by atoms with Gasteiger partial charge in [0.05, 0.1) is 12.8 Å². The Morgan fingerprint density at radius 2 is 2.23 bits per heavy atom. The molecule has 1 heterocycles. The molecule has 1 aromatic carbocycles. The summed E-state index contributed by atoms with van der Waals surface area (Å²) < 4.78 is 5.14. The summed E-state index contributed by atoms with van der Waals surface area (Å²) in [5, 5.41) is 15.2. The third-order valence-electron chi connectivity index (χ3n) is 2.98. The number of anilines is 1. The van der Waals surface area contributed by atoms with E-state index in [0.29, 0.717) is 23.0 Å². The van der Waals surface area contributed by atoms with Crippen LogP contribution in [0.25, 0.3) is 0 Å². The first kappa shape index (κ1) is 15.7. The van der Waals surface area contributed by atoms with E-state index in [2.05, 4.69) is 10.6 Å². The molecule has 6 heteroatoms. The van der Waals surface area contributed by atoms with Crippen LogP contribution in [0.1, 0.15) is 11.3 Å². The monoisotopic (exact) mass is 315 g/mol. The van der Waals surface area contributed by atoms with Crippen LogP contribution >= 0.6 is 11.6 Å². The van der Waals surface area contributed by atoms with Gasteiger partial charge in [-0.2, -0.15) is 5.26 Å². The second-order valence-corrected chi connectivity index (χ2v) is 4.90. The number of amides is 1. The van der Waals surface area contributed by atoms with Crippen LogP contribution < -0.4 is 10.6 Å². The molecule has 0 radical (unpaired) electrons. The fourth-order valence-electron chi connectivity index (χ4n) is 1.75. The molecule has 2 N–H and O–H groups in total. The number of nitriles is 1. The van der Waals surface area contributed by atoms with Crippen LogP contribution in [0.15, 0.2) is 52.8 Å². The third-order valence-corrected chi connectivity index (χ3v) is 3.39. The maximum absolute atomic E-state index is 12.1. The molecule has 5 nitrogen and oxygen atoms in total. The first-order chi connectivity index (χ1) is 10.6. The van der Waals surface area contributed by atoms with Crippen molar-refractivity contribution in [1.82, 2.24) is 5.32 Å². The second-order valence-electron chi connectivity index (χ2n) is 4.50. The smallest absolute Gasteiger partial charge is 0.267 e. The van der Waals surface area contributed by atoms with E-state index in [1.165, 1.54) is 6.20 Å². The number of carbonyl (C=O) groups excluding carboxylic acids is 1. The molecule has 2 aromatic rings. The predicted molar refractivity (Wildman–Crippen MR) is 84.1 cm³/mol. The van der Waals surface area contributed by atoms with Crippen molar-refractivity contribution in [2.24, 2.45) is 0 Å². The molecule has 1 amide bonds. The van der Waals surface area contributed by atoms with E-state index in [1.807, 2.05) is 6.07 Å². The molecule has 0 fully saturated rings. The van der Waals surface area contributed by atoms with Crippen LogP contribution in [-0.2, 0) is 11.3 Å². The third kappa shape index (κ3) is 3.90. The van der Waals surface area contributed by atoms with Gasteiger partial charge in [0.1, 0.15) is 17.4 Å². The molecule has 0 saturated heterocycles. The molecule has 0 bridgehead atoms. The van der Waals surface area contributed by atoms with Gasteiger partial charge in [-0.25, -0.2) is 0 Å². The van der Waals surface area contributed by atoms with Gasteiger partial charge in [0, 0.05) is 16.9 Å². The molecule has 1 aromatic heterocycles. The molecular formula is C16H14ClN3O2. The van der Waals surface area contributed by atoms with Gasteiger partial charge in [0.15, 0.2) is 0 Å². The highest BCUT2D eigenvalue weighted by molar-refractivity contribution is 6.31. The lowest BCUT2D eigenvalue weighted by Gasteiger charge is -2.09. The number of nitrogens with one attached hydrogen (secondary N) is 2. The van der Waals surface area contributed by atoms with Crippen molar-refractivity contribution in [3.05, 3.63) is 64.7 Å². The Kier molecular flexibility index (Phi) is 5.23. The molecule has 0 saturated carbocycles. The van der Waals surface area contributed by atoms with E-state index < -0.39 is 5.91 Å². The molecule has 0 aliphatic carbocycles. The van der Waals surface area contributed by atoms with Gasteiger partial charge in [0.2, 0.25) is 0 Å². The Balaban J connectivity index is 2.02. The van der Waals surface area contributed by atoms with E-state index in [1.54, 1.807) is 43.5 Å². The normalized spacial score (nSPS) is 10.9. The topological polar surface area (TPSA) is 78.1 Å². The summed E-state index contributed by atoms with van der Waals surface area (Å²) in [6.07, 6.45) is 2.91. The van der Waals surface area contributed by atoms with Crippen LogP contribution in [0.2, 0.25) is 5.02 Å². The minimum Gasteiger partial charge on any atom is -0.467 e. The van der Waals surface area contributed by atoms with Gasteiger partial charge < -0.3 is 15.1 Å². The van der Waals surface area contributed by atoms with E-state index in [-0.39, 0.29) is 5.57 Å². The zero-order valence-corrected chi connectivity index (χ0v) is 12.6. The number of carbonyl (C=O) groups is 1. The Hall–Kier alpha value is -2.71. The Morgan fingerprint density at radius 1 is 1.41 bits per heavy atom. The van der Waals surface area contributed by atoms with Crippen molar-refractivity contribution in [2.75, 3.05) is 5.32 Å². The highest BCUT2D eigenvalue weighted by Crippen LogP contribution is 2.23. The standard InChI is InChI=1S/C16H14ClN3O2/c1-11-14(17)5-2-6-15(11)20-16(21)12(8-18)9-19-10-13-4-3-7-22-13/h2-7,9,19H,10H2,1H3,(H,20,21)/b12-9-. The highest BCUT2D eigenvalue weighted by atomic mass is 35.5. The number of halogens is 1. The lowest BCUT2D eigenvalue weighted by atomic mass is 10.2. The van der Waals surface area contributed by atoms with Gasteiger partial charge in [-0.3, -0.25) is 4.79 Å². The predicted octanol–water partition coefficient (Wildman–Crippen LogP) is 3.38. The molecule has 0 aliphatic heterocycles. The molecule has 0 aliphatic rings. The van der Waals surface area contributed by atoms with Crippen LogP contribution in [-0.4, -0.2) is 5.91 Å². The molecule has 112 valence electrons. The summed E-state index contributed by atoms with van der Waals surface area (Å²) in [6.45, 7) is 2.19. The van der Waals surface area contributed by atoms with E-state index >= 15 is 0 Å². The largest absolute Gasteiger partial charge is 0.467 e. The molecule has 0 atom stereocenters. The summed E-state index contributed by atoms with van der Waals surface area (Å²) in [7, 11) is 0. The quantitative estimate of drug-likeness (QED) is 0.655. The number of hydrogen-bond acceptors (Lipinski definition) is 4. The highest BCUT2D eigenvalue weighted by Gasteiger charge is 2.11. The van der Waals surface area contributed by atoms with Crippen LogP contribution in [0.5, 0.6) is 0 Å². The van der Waals surface area contributed by atoms with E-state index in [4.69, 9.17) is 21.3 Å². The first-order valence-corrected chi connectivity index (χ1v) is 6.92. The maximum atomic E-state index is 12.1. The SMILES string of the molecule is Cc1c(Cl)cccc1NC(=O)/C(C#N)=C\NCc1ccco1. The Labute approximate surface area is 133 Å².